The van der Waals surface area contributed by atoms with E-state index in [-0.39, 0.29) is 12.4 Å². The fourth-order valence-electron chi connectivity index (χ4n) is 1.25. The maximum Gasteiger partial charge on any atom is 0.216 e. The van der Waals surface area contributed by atoms with E-state index in [2.05, 4.69) is 0 Å². The number of sulfonamides is 1. The van der Waals surface area contributed by atoms with Crippen molar-refractivity contribution in [2.24, 2.45) is 0 Å². The highest BCUT2D eigenvalue weighted by molar-refractivity contribution is 7.99. The summed E-state index contributed by atoms with van der Waals surface area (Å²) in [6, 6.07) is 0. The number of hydrogen-bond acceptors (Lipinski definition) is 4. The quantitative estimate of drug-likeness (QED) is 0.719. The van der Waals surface area contributed by atoms with Crippen molar-refractivity contribution < 1.29 is 13.5 Å². The maximum atomic E-state index is 11.5. The van der Waals surface area contributed by atoms with Crippen LogP contribution in [0.15, 0.2) is 0 Å². The lowest BCUT2D eigenvalue weighted by molar-refractivity contribution is 0.315. The third-order valence-corrected chi connectivity index (χ3v) is 4.82. The van der Waals surface area contributed by atoms with Crippen molar-refractivity contribution >= 4 is 21.8 Å². The molecule has 0 aromatic rings. The van der Waals surface area contributed by atoms with Crippen LogP contribution < -0.4 is 0 Å². The molecule has 13 heavy (non-hydrogen) atoms. The number of aliphatic hydroxyl groups is 1. The van der Waals surface area contributed by atoms with Crippen LogP contribution in [0.25, 0.3) is 0 Å². The molecule has 1 aliphatic rings. The van der Waals surface area contributed by atoms with Gasteiger partial charge >= 0.3 is 0 Å². The summed E-state index contributed by atoms with van der Waals surface area (Å²) in [5.41, 5.74) is 0. The minimum atomic E-state index is -3.19. The summed E-state index contributed by atoms with van der Waals surface area (Å²) >= 11 is 1.79. The Bertz CT molecular complexity index is 232. The molecule has 1 saturated heterocycles. The molecular formula is C7H15NO3S2. The van der Waals surface area contributed by atoms with Gasteiger partial charge in [-0.1, -0.05) is 0 Å². The molecule has 1 fully saturated rings. The molecule has 0 aromatic heterocycles. The molecule has 0 spiro atoms. The molecule has 4 nitrogen and oxygen atoms in total. The molecule has 1 aliphatic heterocycles. The lowest BCUT2D eigenvalue weighted by atomic mass is 10.5. The molecule has 0 radical (unpaired) electrons. The Morgan fingerprint density at radius 2 is 2.08 bits per heavy atom. The predicted molar refractivity (Wildman–Crippen MR) is 54.4 cm³/mol. The van der Waals surface area contributed by atoms with E-state index < -0.39 is 10.0 Å². The average molecular weight is 225 g/mol. The number of aliphatic hydroxyl groups excluding tert-OH is 1. The van der Waals surface area contributed by atoms with Gasteiger partial charge in [-0.3, -0.25) is 0 Å². The van der Waals surface area contributed by atoms with Gasteiger partial charge in [-0.25, -0.2) is 12.7 Å². The van der Waals surface area contributed by atoms with Crippen LogP contribution >= 0.6 is 11.8 Å². The monoisotopic (exact) mass is 225 g/mol. The van der Waals surface area contributed by atoms with Crippen LogP contribution in [0, 0.1) is 0 Å². The van der Waals surface area contributed by atoms with Gasteiger partial charge < -0.3 is 5.11 Å². The van der Waals surface area contributed by atoms with Gasteiger partial charge in [0.1, 0.15) is 0 Å². The summed E-state index contributed by atoms with van der Waals surface area (Å²) in [5, 5.41) is 8.59. The van der Waals surface area contributed by atoms with Crippen LogP contribution in [0.3, 0.4) is 0 Å². The van der Waals surface area contributed by atoms with E-state index in [1.54, 1.807) is 11.8 Å². The van der Waals surface area contributed by atoms with E-state index in [0.717, 1.165) is 17.9 Å². The van der Waals surface area contributed by atoms with Crippen LogP contribution in [0.4, 0.5) is 0 Å². The molecule has 78 valence electrons. The SMILES string of the molecule is O=S(=O)(CCO)N1CCCSCC1. The summed E-state index contributed by atoms with van der Waals surface area (Å²) in [6.07, 6.45) is 0.912. The van der Waals surface area contributed by atoms with Gasteiger partial charge in [0.2, 0.25) is 10.0 Å². The van der Waals surface area contributed by atoms with Crippen LogP contribution in [0.1, 0.15) is 6.42 Å². The van der Waals surface area contributed by atoms with Crippen molar-refractivity contribution in [3.05, 3.63) is 0 Å². The van der Waals surface area contributed by atoms with Gasteiger partial charge in [0, 0.05) is 18.8 Å². The second kappa shape index (κ2) is 5.19. The van der Waals surface area contributed by atoms with Gasteiger partial charge in [-0.2, -0.15) is 11.8 Å². The molecule has 1 heterocycles. The molecule has 0 amide bonds. The topological polar surface area (TPSA) is 57.6 Å². The molecule has 0 aliphatic carbocycles. The first-order valence-corrected chi connectivity index (χ1v) is 7.09. The van der Waals surface area contributed by atoms with Gasteiger partial charge in [-0.05, 0) is 12.2 Å². The van der Waals surface area contributed by atoms with E-state index >= 15 is 0 Å². The van der Waals surface area contributed by atoms with Crippen molar-refractivity contribution in [1.82, 2.24) is 4.31 Å². The zero-order chi connectivity index (χ0) is 9.73. The van der Waals surface area contributed by atoms with Gasteiger partial charge in [0.25, 0.3) is 0 Å². The lowest BCUT2D eigenvalue weighted by Gasteiger charge is -2.18. The van der Waals surface area contributed by atoms with Crippen LogP contribution in [0.2, 0.25) is 0 Å². The summed E-state index contributed by atoms with van der Waals surface area (Å²) in [4.78, 5) is 0. The normalized spacial score (nSPS) is 21.3. The van der Waals surface area contributed by atoms with E-state index in [0.29, 0.717) is 13.1 Å². The number of thioether (sulfide) groups is 1. The third kappa shape index (κ3) is 3.46. The Morgan fingerprint density at radius 3 is 2.77 bits per heavy atom. The molecule has 1 N–H and O–H groups in total. The highest BCUT2D eigenvalue weighted by atomic mass is 32.2. The first-order valence-electron chi connectivity index (χ1n) is 4.33. The standard InChI is InChI=1S/C7H15NO3S2/c9-4-7-13(10,11)8-2-1-5-12-6-3-8/h9H,1-7H2. The molecule has 0 atom stereocenters. The average Bonchev–Trinajstić information content (AvgIpc) is 2.31. The summed E-state index contributed by atoms with van der Waals surface area (Å²) in [7, 11) is -3.19. The molecule has 0 aromatic carbocycles. The number of hydrogen-bond donors (Lipinski definition) is 1. The molecule has 0 saturated carbocycles. The number of nitrogens with zero attached hydrogens (tertiary/aromatic N) is 1. The molecule has 6 heteroatoms. The van der Waals surface area contributed by atoms with Crippen molar-refractivity contribution in [2.75, 3.05) is 37.0 Å². The first kappa shape index (κ1) is 11.3. The van der Waals surface area contributed by atoms with Crippen molar-refractivity contribution in [3.8, 4) is 0 Å². The van der Waals surface area contributed by atoms with Crippen molar-refractivity contribution in [3.63, 3.8) is 0 Å². The Kier molecular flexibility index (Phi) is 4.51. The maximum absolute atomic E-state index is 11.5. The smallest absolute Gasteiger partial charge is 0.216 e. The third-order valence-electron chi connectivity index (χ3n) is 1.92. The van der Waals surface area contributed by atoms with E-state index in [1.807, 2.05) is 0 Å². The molecule has 1 rings (SSSR count). The fraction of sp³-hybridized carbons (Fsp3) is 1.00. The van der Waals surface area contributed by atoms with E-state index in [1.165, 1.54) is 4.31 Å². The summed E-state index contributed by atoms with van der Waals surface area (Å²) in [6.45, 7) is 0.911. The zero-order valence-corrected chi connectivity index (χ0v) is 9.11. The van der Waals surface area contributed by atoms with Crippen LogP contribution in [-0.2, 0) is 10.0 Å². The summed E-state index contributed by atoms with van der Waals surface area (Å²) in [5.74, 6) is 1.76. The minimum absolute atomic E-state index is 0.141. The second-order valence-electron chi connectivity index (χ2n) is 2.90. The number of rotatable bonds is 3. The van der Waals surface area contributed by atoms with Crippen LogP contribution in [-0.4, -0.2) is 54.8 Å². The van der Waals surface area contributed by atoms with Gasteiger partial charge in [-0.15, -0.1) is 0 Å². The van der Waals surface area contributed by atoms with Crippen molar-refractivity contribution in [1.29, 1.82) is 0 Å². The minimum Gasteiger partial charge on any atom is -0.395 e. The molecule has 0 unspecified atom stereocenters. The Morgan fingerprint density at radius 1 is 1.31 bits per heavy atom. The fourth-order valence-corrected chi connectivity index (χ4v) is 3.51. The van der Waals surface area contributed by atoms with E-state index in [4.69, 9.17) is 5.11 Å². The van der Waals surface area contributed by atoms with Crippen LogP contribution in [0.5, 0.6) is 0 Å². The summed E-state index contributed by atoms with van der Waals surface area (Å²) < 4.78 is 24.5. The first-order chi connectivity index (χ1) is 6.17. The Balaban J connectivity index is 2.57. The van der Waals surface area contributed by atoms with E-state index in [9.17, 15) is 8.42 Å². The molecular weight excluding hydrogens is 210 g/mol. The highest BCUT2D eigenvalue weighted by Gasteiger charge is 2.21. The molecule has 0 bridgehead atoms. The van der Waals surface area contributed by atoms with Crippen molar-refractivity contribution in [2.45, 2.75) is 6.42 Å². The largest absolute Gasteiger partial charge is 0.395 e. The Labute approximate surface area is 83.4 Å². The predicted octanol–water partition coefficient (Wildman–Crippen LogP) is -0.253. The van der Waals surface area contributed by atoms with Gasteiger partial charge in [0.05, 0.1) is 12.4 Å². The lowest BCUT2D eigenvalue weighted by Crippen LogP contribution is -2.35. The Hall–Kier alpha value is 0.220. The zero-order valence-electron chi connectivity index (χ0n) is 7.48. The highest BCUT2D eigenvalue weighted by Crippen LogP contribution is 2.13. The van der Waals surface area contributed by atoms with Gasteiger partial charge in [0.15, 0.2) is 0 Å². The second-order valence-corrected chi connectivity index (χ2v) is 6.22.